The molecule has 0 aliphatic rings. The quantitative estimate of drug-likeness (QED) is 0.564. The number of nitrogens with one attached hydrogen (secondary N) is 1. The first-order chi connectivity index (χ1) is 12.2. The van der Waals surface area contributed by atoms with E-state index in [9.17, 15) is 27.9 Å². The first-order valence-corrected chi connectivity index (χ1v) is 8.72. The predicted octanol–water partition coefficient (Wildman–Crippen LogP) is 2.95. The highest BCUT2D eigenvalue weighted by Gasteiger charge is 2.40. The first-order valence-electron chi connectivity index (χ1n) is 6.27. The number of hydrogen-bond acceptors (Lipinski definition) is 9. The van der Waals surface area contributed by atoms with Gasteiger partial charge in [0.25, 0.3) is 0 Å². The van der Waals surface area contributed by atoms with Gasteiger partial charge in [-0.25, -0.2) is 19.7 Å². The highest BCUT2D eigenvalue weighted by molar-refractivity contribution is 8.02. The summed E-state index contributed by atoms with van der Waals surface area (Å²) in [5.74, 6) is -2.94. The Hall–Kier alpha value is -2.52. The number of thiazole rings is 1. The van der Waals surface area contributed by atoms with Gasteiger partial charge in [-0.1, -0.05) is 11.3 Å². The summed E-state index contributed by atoms with van der Waals surface area (Å²) < 4.78 is 38.8. The van der Waals surface area contributed by atoms with Gasteiger partial charge in [0.2, 0.25) is 0 Å². The average Bonchev–Trinajstić information content (AvgIpc) is 3.25. The number of aromatic amines is 1. The Kier molecular flexibility index (Phi) is 4.68. The van der Waals surface area contributed by atoms with Gasteiger partial charge in [0.15, 0.2) is 15.9 Å². The van der Waals surface area contributed by atoms with Crippen molar-refractivity contribution in [2.45, 2.75) is 14.7 Å². The van der Waals surface area contributed by atoms with Gasteiger partial charge in [-0.2, -0.15) is 13.2 Å². The number of carboxylic acids is 2. The third-order valence-electron chi connectivity index (χ3n) is 2.76. The zero-order valence-electron chi connectivity index (χ0n) is 11.9. The van der Waals surface area contributed by atoms with Crippen LogP contribution in [-0.2, 0) is 6.18 Å². The molecule has 3 aromatic rings. The summed E-state index contributed by atoms with van der Waals surface area (Å²) in [5, 5.41) is 30.8. The lowest BCUT2D eigenvalue weighted by Gasteiger charge is -2.02. The second-order valence-corrected chi connectivity index (χ2v) is 8.02. The van der Waals surface area contributed by atoms with Gasteiger partial charge in [0.05, 0.1) is 14.6 Å². The SMILES string of the molecule is O=C(O)c1cc(Sc2nc(C(F)(F)F)c(C(=O)O)s2)sc1-c1nnn[nH]1. The molecule has 3 aromatic heterocycles. The summed E-state index contributed by atoms with van der Waals surface area (Å²) >= 11 is 1.99. The lowest BCUT2D eigenvalue weighted by Crippen LogP contribution is -2.11. The Labute approximate surface area is 152 Å². The van der Waals surface area contributed by atoms with Crippen LogP contribution in [-0.4, -0.2) is 47.8 Å². The molecule has 9 nitrogen and oxygen atoms in total. The Morgan fingerprint density at radius 3 is 2.42 bits per heavy atom. The fraction of sp³-hybridized carbons (Fsp3) is 0.0909. The van der Waals surface area contributed by atoms with E-state index >= 15 is 0 Å². The van der Waals surface area contributed by atoms with Crippen molar-refractivity contribution in [2.24, 2.45) is 0 Å². The van der Waals surface area contributed by atoms with E-state index in [1.807, 2.05) is 0 Å². The van der Waals surface area contributed by atoms with Gasteiger partial charge in [-0.3, -0.25) is 0 Å². The standard InChI is InChI=1S/C11H4F3N5O4S3/c12-11(13,14)6-5(9(22)23)26-10(15-6)25-3-1-2(8(20)21)4(24-3)7-16-18-19-17-7/h1H,(H,20,21)(H,22,23)(H,16,17,18,19). The number of carboxylic acid groups (broad SMARTS) is 2. The Morgan fingerprint density at radius 1 is 1.19 bits per heavy atom. The molecule has 3 heterocycles. The number of aromatic carboxylic acids is 2. The number of tetrazole rings is 1. The van der Waals surface area contributed by atoms with Gasteiger partial charge >= 0.3 is 18.1 Å². The van der Waals surface area contributed by atoms with Crippen molar-refractivity contribution in [3.05, 3.63) is 22.2 Å². The van der Waals surface area contributed by atoms with E-state index in [1.165, 1.54) is 6.07 Å². The fourth-order valence-corrected chi connectivity index (χ4v) is 5.23. The molecule has 0 aromatic carbocycles. The molecule has 0 fully saturated rings. The van der Waals surface area contributed by atoms with Gasteiger partial charge in [0.1, 0.15) is 4.88 Å². The first kappa shape index (κ1) is 18.3. The van der Waals surface area contributed by atoms with Crippen LogP contribution in [0.25, 0.3) is 10.7 Å². The van der Waals surface area contributed by atoms with Crippen LogP contribution in [0.2, 0.25) is 0 Å². The van der Waals surface area contributed by atoms with Crippen LogP contribution in [0, 0.1) is 0 Å². The molecular formula is C11H4F3N5O4S3. The number of rotatable bonds is 5. The monoisotopic (exact) mass is 423 g/mol. The number of aromatic nitrogens is 5. The summed E-state index contributed by atoms with van der Waals surface area (Å²) in [5.41, 5.74) is -1.64. The zero-order valence-corrected chi connectivity index (χ0v) is 14.4. The summed E-state index contributed by atoms with van der Waals surface area (Å²) in [7, 11) is 0. The number of carbonyl (C=O) groups is 2. The molecule has 0 saturated heterocycles. The van der Waals surface area contributed by atoms with E-state index in [1.54, 1.807) is 0 Å². The summed E-state index contributed by atoms with van der Waals surface area (Å²) in [6, 6.07) is 1.23. The van der Waals surface area contributed by atoms with Crippen LogP contribution in [0.5, 0.6) is 0 Å². The largest absolute Gasteiger partial charge is 0.478 e. The summed E-state index contributed by atoms with van der Waals surface area (Å²) in [6.07, 6.45) is -4.92. The maximum Gasteiger partial charge on any atom is 0.435 e. The minimum Gasteiger partial charge on any atom is -0.478 e. The molecular weight excluding hydrogens is 419 g/mol. The van der Waals surface area contributed by atoms with Crippen molar-refractivity contribution in [1.82, 2.24) is 25.6 Å². The van der Waals surface area contributed by atoms with Gasteiger partial charge in [-0.05, 0) is 28.3 Å². The normalized spacial score (nSPS) is 11.7. The maximum absolute atomic E-state index is 12.9. The molecule has 0 aliphatic carbocycles. The van der Waals surface area contributed by atoms with Crippen LogP contribution < -0.4 is 0 Å². The van der Waals surface area contributed by atoms with Crippen LogP contribution in [0.1, 0.15) is 25.7 Å². The van der Waals surface area contributed by atoms with E-state index in [0.717, 1.165) is 23.1 Å². The number of nitrogens with zero attached hydrogens (tertiary/aromatic N) is 4. The molecule has 0 unspecified atom stereocenters. The number of halogens is 3. The van der Waals surface area contributed by atoms with Crippen molar-refractivity contribution in [3.8, 4) is 10.7 Å². The molecule has 0 saturated carbocycles. The van der Waals surface area contributed by atoms with E-state index in [-0.39, 0.29) is 24.8 Å². The molecule has 0 aliphatic heterocycles. The Morgan fingerprint density at radius 2 is 1.92 bits per heavy atom. The van der Waals surface area contributed by atoms with Crippen LogP contribution in [0.4, 0.5) is 13.2 Å². The van der Waals surface area contributed by atoms with Crippen molar-refractivity contribution < 1.29 is 33.0 Å². The maximum atomic E-state index is 12.9. The van der Waals surface area contributed by atoms with Gasteiger partial charge < -0.3 is 10.2 Å². The van der Waals surface area contributed by atoms with Gasteiger partial charge in [-0.15, -0.1) is 16.4 Å². The molecule has 136 valence electrons. The number of alkyl halides is 3. The molecule has 0 atom stereocenters. The smallest absolute Gasteiger partial charge is 0.435 e. The third kappa shape index (κ3) is 3.54. The Bertz CT molecular complexity index is 982. The second kappa shape index (κ2) is 6.65. The molecule has 26 heavy (non-hydrogen) atoms. The van der Waals surface area contributed by atoms with Crippen molar-refractivity contribution >= 4 is 46.4 Å². The zero-order chi connectivity index (χ0) is 19.1. The summed E-state index contributed by atoms with van der Waals surface area (Å²) in [6.45, 7) is 0. The van der Waals surface area contributed by atoms with Crippen LogP contribution >= 0.6 is 34.4 Å². The topological polar surface area (TPSA) is 142 Å². The fourth-order valence-electron chi connectivity index (χ4n) is 1.78. The van der Waals surface area contributed by atoms with Crippen molar-refractivity contribution in [2.75, 3.05) is 0 Å². The highest BCUT2D eigenvalue weighted by atomic mass is 32.2. The van der Waals surface area contributed by atoms with E-state index in [4.69, 9.17) is 5.11 Å². The predicted molar refractivity (Wildman–Crippen MR) is 82.6 cm³/mol. The van der Waals surface area contributed by atoms with E-state index in [2.05, 4.69) is 25.6 Å². The van der Waals surface area contributed by atoms with E-state index in [0.29, 0.717) is 11.3 Å². The number of H-pyrrole nitrogens is 1. The summed E-state index contributed by atoms with van der Waals surface area (Å²) in [4.78, 5) is 24.9. The number of hydrogen-bond donors (Lipinski definition) is 3. The molecule has 3 rings (SSSR count). The van der Waals surface area contributed by atoms with E-state index < -0.39 is 28.7 Å². The highest BCUT2D eigenvalue weighted by Crippen LogP contribution is 2.43. The van der Waals surface area contributed by atoms with Crippen molar-refractivity contribution in [3.63, 3.8) is 0 Å². The second-order valence-electron chi connectivity index (χ2n) is 4.43. The third-order valence-corrected chi connectivity index (χ3v) is 6.12. The lowest BCUT2D eigenvalue weighted by atomic mass is 10.2. The molecule has 15 heteroatoms. The van der Waals surface area contributed by atoms with Crippen LogP contribution in [0.3, 0.4) is 0 Å². The molecule has 0 amide bonds. The average molecular weight is 423 g/mol. The number of thiophene rings is 1. The molecule has 3 N–H and O–H groups in total. The van der Waals surface area contributed by atoms with Crippen LogP contribution in [0.15, 0.2) is 14.6 Å². The van der Waals surface area contributed by atoms with Gasteiger partial charge in [0, 0.05) is 0 Å². The molecule has 0 bridgehead atoms. The van der Waals surface area contributed by atoms with Crippen molar-refractivity contribution in [1.29, 1.82) is 0 Å². The Balaban J connectivity index is 1.99. The minimum absolute atomic E-state index is 0.0839. The molecule has 0 radical (unpaired) electrons. The lowest BCUT2D eigenvalue weighted by molar-refractivity contribution is -0.141. The minimum atomic E-state index is -4.92. The molecule has 0 spiro atoms.